The monoisotopic (exact) mass is 354 g/mol. The number of sulfonamides is 1. The van der Waals surface area contributed by atoms with Crippen LogP contribution < -0.4 is 10.5 Å². The lowest BCUT2D eigenvalue weighted by atomic mass is 9.92. The molecule has 0 amide bonds. The number of nitrogens with two attached hydrogens (primary N) is 1. The summed E-state index contributed by atoms with van der Waals surface area (Å²) in [7, 11) is -4.11. The Labute approximate surface area is 135 Å². The van der Waals surface area contributed by atoms with Gasteiger partial charge in [0.05, 0.1) is 0 Å². The Hall–Kier alpha value is -0.760. The molecule has 1 aromatic rings. The summed E-state index contributed by atoms with van der Waals surface area (Å²) < 4.78 is 53.2. The van der Waals surface area contributed by atoms with Crippen LogP contribution in [0.1, 0.15) is 38.5 Å². The SMILES string of the molecule is Cl.NC1(CNS(=O)(=O)c2cc(F)ccc2F)CCCCCC1. The van der Waals surface area contributed by atoms with Gasteiger partial charge in [-0.1, -0.05) is 25.7 Å². The predicted octanol–water partition coefficient (Wildman–Crippen LogP) is 2.72. The van der Waals surface area contributed by atoms with Gasteiger partial charge in [0.25, 0.3) is 0 Å². The highest BCUT2D eigenvalue weighted by molar-refractivity contribution is 7.89. The maximum Gasteiger partial charge on any atom is 0.243 e. The van der Waals surface area contributed by atoms with E-state index in [1.807, 2.05) is 0 Å². The molecule has 22 heavy (non-hydrogen) atoms. The minimum Gasteiger partial charge on any atom is -0.324 e. The normalized spacial score (nSPS) is 18.3. The van der Waals surface area contributed by atoms with Crippen LogP contribution in [-0.4, -0.2) is 20.5 Å². The molecule has 0 radical (unpaired) electrons. The molecule has 1 aliphatic carbocycles. The molecule has 1 saturated carbocycles. The van der Waals surface area contributed by atoms with E-state index in [0.717, 1.165) is 50.7 Å². The molecule has 8 heteroatoms. The van der Waals surface area contributed by atoms with Crippen LogP contribution in [0.15, 0.2) is 23.1 Å². The Morgan fingerprint density at radius 2 is 1.73 bits per heavy atom. The average Bonchev–Trinajstić information content (AvgIpc) is 2.65. The van der Waals surface area contributed by atoms with E-state index in [1.165, 1.54) is 0 Å². The standard InChI is InChI=1S/C14H20F2N2O2S.ClH/c15-11-5-6-12(16)13(9-11)21(19,20)18-10-14(17)7-3-1-2-4-8-14;/h5-6,9,18H,1-4,7-8,10,17H2;1H. The van der Waals surface area contributed by atoms with Gasteiger partial charge < -0.3 is 5.73 Å². The molecule has 0 atom stereocenters. The molecule has 4 nitrogen and oxygen atoms in total. The summed E-state index contributed by atoms with van der Waals surface area (Å²) in [5, 5.41) is 0. The number of hydrogen-bond acceptors (Lipinski definition) is 3. The van der Waals surface area contributed by atoms with Crippen molar-refractivity contribution in [3.63, 3.8) is 0 Å². The zero-order chi connectivity index (χ0) is 15.5. The van der Waals surface area contributed by atoms with Crippen LogP contribution in [0.2, 0.25) is 0 Å². The molecule has 1 fully saturated rings. The molecule has 126 valence electrons. The Kier molecular flexibility index (Phi) is 6.73. The fraction of sp³-hybridized carbons (Fsp3) is 0.571. The van der Waals surface area contributed by atoms with Crippen LogP contribution in [0.3, 0.4) is 0 Å². The van der Waals surface area contributed by atoms with E-state index in [9.17, 15) is 17.2 Å². The zero-order valence-corrected chi connectivity index (χ0v) is 13.8. The minimum absolute atomic E-state index is 0. The Balaban J connectivity index is 0.00000242. The number of rotatable bonds is 4. The van der Waals surface area contributed by atoms with Gasteiger partial charge in [-0.25, -0.2) is 21.9 Å². The lowest BCUT2D eigenvalue weighted by Gasteiger charge is -2.28. The summed E-state index contributed by atoms with van der Waals surface area (Å²) in [6, 6.07) is 2.35. The van der Waals surface area contributed by atoms with Crippen molar-refractivity contribution in [1.29, 1.82) is 0 Å². The average molecular weight is 355 g/mol. The van der Waals surface area contributed by atoms with Gasteiger partial charge in [0.15, 0.2) is 0 Å². The summed E-state index contributed by atoms with van der Waals surface area (Å²) in [4.78, 5) is -0.681. The maximum atomic E-state index is 13.6. The molecule has 0 unspecified atom stereocenters. The number of hydrogen-bond donors (Lipinski definition) is 2. The quantitative estimate of drug-likeness (QED) is 0.816. The van der Waals surface area contributed by atoms with E-state index in [1.54, 1.807) is 0 Å². The molecular weight excluding hydrogens is 334 g/mol. The summed E-state index contributed by atoms with van der Waals surface area (Å²) in [5.74, 6) is -1.77. The highest BCUT2D eigenvalue weighted by Crippen LogP contribution is 2.25. The van der Waals surface area contributed by atoms with E-state index < -0.39 is 32.1 Å². The van der Waals surface area contributed by atoms with Crippen molar-refractivity contribution in [2.24, 2.45) is 5.73 Å². The van der Waals surface area contributed by atoms with Gasteiger partial charge in [0.2, 0.25) is 10.0 Å². The molecular formula is C14H21ClF2N2O2S. The van der Waals surface area contributed by atoms with Crippen LogP contribution in [0.5, 0.6) is 0 Å². The van der Waals surface area contributed by atoms with Crippen molar-refractivity contribution in [3.8, 4) is 0 Å². The topological polar surface area (TPSA) is 72.2 Å². The van der Waals surface area contributed by atoms with Gasteiger partial charge in [-0.15, -0.1) is 12.4 Å². The molecule has 3 N–H and O–H groups in total. The van der Waals surface area contributed by atoms with Gasteiger partial charge in [-0.3, -0.25) is 0 Å². The smallest absolute Gasteiger partial charge is 0.243 e. The fourth-order valence-electron chi connectivity index (χ4n) is 2.61. The number of benzene rings is 1. The van der Waals surface area contributed by atoms with Gasteiger partial charge in [0, 0.05) is 12.1 Å². The first-order chi connectivity index (χ1) is 9.82. The van der Waals surface area contributed by atoms with Crippen LogP contribution in [-0.2, 0) is 10.0 Å². The van der Waals surface area contributed by atoms with Crippen molar-refractivity contribution >= 4 is 22.4 Å². The largest absolute Gasteiger partial charge is 0.324 e. The first kappa shape index (κ1) is 19.3. The summed E-state index contributed by atoms with van der Waals surface area (Å²) in [5.41, 5.74) is 5.60. The van der Waals surface area contributed by atoms with Crippen molar-refractivity contribution in [1.82, 2.24) is 4.72 Å². The molecule has 1 aromatic carbocycles. The van der Waals surface area contributed by atoms with Gasteiger partial charge >= 0.3 is 0 Å². The van der Waals surface area contributed by atoms with Crippen molar-refractivity contribution in [2.45, 2.75) is 49.0 Å². The van der Waals surface area contributed by atoms with E-state index in [0.29, 0.717) is 6.07 Å². The molecule has 0 bridgehead atoms. The lowest BCUT2D eigenvalue weighted by Crippen LogP contribution is -2.49. The first-order valence-corrected chi connectivity index (χ1v) is 8.54. The van der Waals surface area contributed by atoms with Crippen LogP contribution >= 0.6 is 12.4 Å². The second-order valence-corrected chi connectivity index (χ2v) is 7.41. The third-order valence-corrected chi connectivity index (χ3v) is 5.31. The van der Waals surface area contributed by atoms with Crippen molar-refractivity contribution < 1.29 is 17.2 Å². The summed E-state index contributed by atoms with van der Waals surface area (Å²) in [6.07, 6.45) is 5.52. The van der Waals surface area contributed by atoms with E-state index in [2.05, 4.69) is 4.72 Å². The van der Waals surface area contributed by atoms with Crippen LogP contribution in [0.4, 0.5) is 8.78 Å². The molecule has 0 aliphatic heterocycles. The van der Waals surface area contributed by atoms with Gasteiger partial charge in [-0.05, 0) is 31.0 Å². The third-order valence-electron chi connectivity index (χ3n) is 3.90. The molecule has 0 aromatic heterocycles. The molecule has 0 heterocycles. The summed E-state index contributed by atoms with van der Waals surface area (Å²) in [6.45, 7) is 0.0330. The number of halogens is 3. The minimum atomic E-state index is -4.11. The highest BCUT2D eigenvalue weighted by atomic mass is 35.5. The van der Waals surface area contributed by atoms with E-state index >= 15 is 0 Å². The lowest BCUT2D eigenvalue weighted by molar-refractivity contribution is 0.368. The molecule has 0 saturated heterocycles. The maximum absolute atomic E-state index is 13.6. The first-order valence-electron chi connectivity index (χ1n) is 7.06. The molecule has 0 spiro atoms. The van der Waals surface area contributed by atoms with Crippen LogP contribution in [0, 0.1) is 11.6 Å². The number of nitrogens with one attached hydrogen (secondary N) is 1. The predicted molar refractivity (Wildman–Crippen MR) is 83.4 cm³/mol. The Morgan fingerprint density at radius 1 is 1.14 bits per heavy atom. The van der Waals surface area contributed by atoms with Crippen molar-refractivity contribution in [3.05, 3.63) is 29.8 Å². The van der Waals surface area contributed by atoms with E-state index in [-0.39, 0.29) is 19.0 Å². The van der Waals surface area contributed by atoms with E-state index in [4.69, 9.17) is 5.73 Å². The highest BCUT2D eigenvalue weighted by Gasteiger charge is 2.29. The zero-order valence-electron chi connectivity index (χ0n) is 12.1. The van der Waals surface area contributed by atoms with Crippen LogP contribution in [0.25, 0.3) is 0 Å². The third kappa shape index (κ3) is 4.87. The molecule has 1 aliphatic rings. The fourth-order valence-corrected chi connectivity index (χ4v) is 3.83. The molecule has 2 rings (SSSR count). The van der Waals surface area contributed by atoms with Gasteiger partial charge in [0.1, 0.15) is 16.5 Å². The van der Waals surface area contributed by atoms with Gasteiger partial charge in [-0.2, -0.15) is 0 Å². The summed E-state index contributed by atoms with van der Waals surface area (Å²) >= 11 is 0. The second kappa shape index (κ2) is 7.68. The Morgan fingerprint density at radius 3 is 2.32 bits per heavy atom. The van der Waals surface area contributed by atoms with Crippen molar-refractivity contribution in [2.75, 3.05) is 6.54 Å². The Bertz CT molecular complexity index is 603. The second-order valence-electron chi connectivity index (χ2n) is 5.68.